The van der Waals surface area contributed by atoms with Gasteiger partial charge in [-0.05, 0) is 70.2 Å². The summed E-state index contributed by atoms with van der Waals surface area (Å²) in [4.78, 5) is 61.6. The number of carbonyl (C=O) groups is 3. The lowest BCUT2D eigenvalue weighted by molar-refractivity contribution is -0.135. The van der Waals surface area contributed by atoms with Crippen molar-refractivity contribution >= 4 is 51.6 Å². The largest absolute Gasteiger partial charge is 0.378 e. The summed E-state index contributed by atoms with van der Waals surface area (Å²) in [6.07, 6.45) is 12.3. The molecule has 18 nitrogen and oxygen atoms in total. The SMILES string of the molecule is CN1CCC(OC2CCN(c3cccc4c3n(C)c(=O)n4C3CCC(=O)NC3=O)CC2)CC1.O=C(Nc1cn(C2CCCCC2)nc1C(F)F)c1cnn2ccc(N3CCOCC3)nc12. The molecule has 4 saturated heterocycles. The molecule has 348 valence electrons. The molecule has 1 aromatic carbocycles. The number of nitrogens with one attached hydrogen (secondary N) is 2. The minimum absolute atomic E-state index is 0.0271. The van der Waals surface area contributed by atoms with Crippen LogP contribution in [0.25, 0.3) is 16.7 Å². The third-order valence-electron chi connectivity index (χ3n) is 13.5. The fraction of sp³-hybridized carbons (Fsp3) is 0.578. The molecular formula is C45H58F2N12O6. The van der Waals surface area contributed by atoms with E-state index in [9.17, 15) is 28.0 Å². The lowest BCUT2D eigenvalue weighted by atomic mass is 9.96. The van der Waals surface area contributed by atoms with Crippen molar-refractivity contribution in [2.45, 2.75) is 101 Å². The standard InChI is InChI=1S/C24H33N5O4.C21H25F2N7O2/c1-26-12-8-16(9-13-26)33-17-10-14-28(15-11-17)18-4-3-5-19-22(18)27(2)24(32)29(19)20-6-7-21(30)25-23(20)31;22-19(23)18-16(13-30(27-18)14-4-2-1-3-5-14)25-21(31)15-12-24-29-7-6-17(26-20(15)29)28-8-10-32-11-9-28/h3-5,16-17,20H,6-15H2,1-2H3,(H,25,30,31);6-7,12-14,19H,1-5,8-11H2,(H,25,31). The van der Waals surface area contributed by atoms with Gasteiger partial charge in [-0.1, -0.05) is 25.3 Å². The molecule has 0 bridgehead atoms. The van der Waals surface area contributed by atoms with Crippen molar-refractivity contribution in [3.8, 4) is 0 Å². The summed E-state index contributed by atoms with van der Waals surface area (Å²) < 4.78 is 45.3. The molecule has 4 aromatic heterocycles. The van der Waals surface area contributed by atoms with Crippen molar-refractivity contribution in [3.63, 3.8) is 0 Å². The number of rotatable bonds is 9. The zero-order valence-corrected chi connectivity index (χ0v) is 37.0. The van der Waals surface area contributed by atoms with Gasteiger partial charge in [0.1, 0.15) is 17.4 Å². The number of halogens is 2. The van der Waals surface area contributed by atoms with Crippen molar-refractivity contribution in [1.29, 1.82) is 0 Å². The van der Waals surface area contributed by atoms with Gasteiger partial charge in [0, 0.05) is 65.1 Å². The molecule has 1 aliphatic carbocycles. The molecular weight excluding hydrogens is 843 g/mol. The highest BCUT2D eigenvalue weighted by Gasteiger charge is 2.33. The number of ether oxygens (including phenoxy) is 2. The van der Waals surface area contributed by atoms with E-state index in [-0.39, 0.29) is 41.4 Å². The first kappa shape index (κ1) is 44.5. The van der Waals surface area contributed by atoms with Gasteiger partial charge in [-0.25, -0.2) is 23.1 Å². The van der Waals surface area contributed by atoms with Crippen LogP contribution in [0.1, 0.15) is 105 Å². The molecule has 8 heterocycles. The maximum atomic E-state index is 13.6. The number of fused-ring (bicyclic) bond motifs is 2. The number of imidazole rings is 1. The van der Waals surface area contributed by atoms with Crippen LogP contribution in [0.15, 0.2) is 47.7 Å². The van der Waals surface area contributed by atoms with Gasteiger partial charge in [0.15, 0.2) is 11.3 Å². The van der Waals surface area contributed by atoms with Crippen molar-refractivity contribution < 1.29 is 32.6 Å². The van der Waals surface area contributed by atoms with Crippen LogP contribution in [0.2, 0.25) is 0 Å². The van der Waals surface area contributed by atoms with Gasteiger partial charge < -0.3 is 29.5 Å². The molecule has 3 amide bonds. The van der Waals surface area contributed by atoms with Gasteiger partial charge >= 0.3 is 5.69 Å². The Labute approximate surface area is 374 Å². The number of alkyl halides is 2. The van der Waals surface area contributed by atoms with E-state index >= 15 is 0 Å². The number of morpholine rings is 1. The third-order valence-corrected chi connectivity index (χ3v) is 13.5. The maximum absolute atomic E-state index is 13.6. The van der Waals surface area contributed by atoms with Gasteiger partial charge in [0.05, 0.1) is 60.1 Å². The Morgan fingerprint density at radius 1 is 0.892 bits per heavy atom. The van der Waals surface area contributed by atoms with Gasteiger partial charge in [-0.15, -0.1) is 0 Å². The van der Waals surface area contributed by atoms with Crippen LogP contribution in [0.5, 0.6) is 0 Å². The molecule has 10 rings (SSSR count). The van der Waals surface area contributed by atoms with Crippen LogP contribution in [0.3, 0.4) is 0 Å². The molecule has 0 spiro atoms. The third kappa shape index (κ3) is 9.51. The average molecular weight is 901 g/mol. The number of hydrogen-bond donors (Lipinski definition) is 2. The first-order chi connectivity index (χ1) is 31.5. The zero-order chi connectivity index (χ0) is 45.2. The molecule has 1 saturated carbocycles. The number of likely N-dealkylation sites (tertiary alicyclic amines) is 1. The van der Waals surface area contributed by atoms with E-state index in [4.69, 9.17) is 9.47 Å². The fourth-order valence-corrected chi connectivity index (χ4v) is 9.90. The second-order valence-corrected chi connectivity index (χ2v) is 17.8. The summed E-state index contributed by atoms with van der Waals surface area (Å²) in [5.74, 6) is -0.515. The number of aromatic nitrogens is 7. The monoisotopic (exact) mass is 900 g/mol. The highest BCUT2D eigenvalue weighted by atomic mass is 19.3. The van der Waals surface area contributed by atoms with Gasteiger partial charge in [0.2, 0.25) is 11.8 Å². The molecule has 1 atom stereocenters. The summed E-state index contributed by atoms with van der Waals surface area (Å²) in [7, 11) is 3.92. The number of para-hydroxylation sites is 1. The molecule has 4 aliphatic heterocycles. The molecule has 5 aliphatic rings. The molecule has 1 unspecified atom stereocenters. The lowest BCUT2D eigenvalue weighted by Crippen LogP contribution is -2.44. The predicted octanol–water partition coefficient (Wildman–Crippen LogP) is 4.85. The Balaban J connectivity index is 0.000000164. The normalized spacial score (nSPS) is 21.0. The smallest absolute Gasteiger partial charge is 0.329 e. The molecule has 5 fully saturated rings. The number of aryl methyl sites for hydroxylation is 1. The van der Waals surface area contributed by atoms with E-state index in [1.54, 1.807) is 27.1 Å². The number of anilines is 3. The number of carbonyl (C=O) groups excluding carboxylic acids is 3. The maximum Gasteiger partial charge on any atom is 0.329 e. The van der Waals surface area contributed by atoms with E-state index in [1.807, 2.05) is 18.2 Å². The topological polar surface area (TPSA) is 178 Å². The lowest BCUT2D eigenvalue weighted by Gasteiger charge is -2.37. The van der Waals surface area contributed by atoms with Crippen molar-refractivity contribution in [2.24, 2.45) is 7.05 Å². The Kier molecular flexibility index (Phi) is 13.3. The van der Waals surface area contributed by atoms with E-state index in [0.717, 1.165) is 101 Å². The Bertz CT molecular complexity index is 2560. The van der Waals surface area contributed by atoms with E-state index in [0.29, 0.717) is 50.3 Å². The number of nitrogens with zero attached hydrogens (tertiary/aromatic N) is 10. The first-order valence-electron chi connectivity index (χ1n) is 23.0. The first-order valence-corrected chi connectivity index (χ1v) is 23.0. The Hall–Kier alpha value is -5.73. The van der Waals surface area contributed by atoms with Crippen LogP contribution >= 0.6 is 0 Å². The summed E-state index contributed by atoms with van der Waals surface area (Å²) in [5.41, 5.74) is 2.54. The minimum Gasteiger partial charge on any atom is -0.378 e. The predicted molar refractivity (Wildman–Crippen MR) is 239 cm³/mol. The number of amides is 3. The van der Waals surface area contributed by atoms with Gasteiger partial charge in [0.25, 0.3) is 12.3 Å². The van der Waals surface area contributed by atoms with Crippen molar-refractivity contribution in [1.82, 2.24) is 43.7 Å². The molecule has 65 heavy (non-hydrogen) atoms. The highest BCUT2D eigenvalue weighted by molar-refractivity contribution is 6.08. The molecule has 5 aromatic rings. The summed E-state index contributed by atoms with van der Waals surface area (Å²) >= 11 is 0. The average Bonchev–Trinajstić information content (AvgIpc) is 4.02. The highest BCUT2D eigenvalue weighted by Crippen LogP contribution is 2.34. The Morgan fingerprint density at radius 2 is 1.62 bits per heavy atom. The van der Waals surface area contributed by atoms with Crippen LogP contribution in [-0.2, 0) is 26.1 Å². The number of piperidine rings is 3. The van der Waals surface area contributed by atoms with Crippen LogP contribution in [-0.4, -0.2) is 128 Å². The van der Waals surface area contributed by atoms with E-state index < -0.39 is 30.0 Å². The number of hydrogen-bond acceptors (Lipinski definition) is 12. The van der Waals surface area contributed by atoms with Crippen LogP contribution < -0.4 is 26.1 Å². The van der Waals surface area contributed by atoms with Gasteiger partial charge in [-0.2, -0.15) is 10.2 Å². The van der Waals surface area contributed by atoms with Crippen molar-refractivity contribution in [2.75, 3.05) is 74.6 Å². The van der Waals surface area contributed by atoms with Crippen LogP contribution in [0, 0.1) is 0 Å². The van der Waals surface area contributed by atoms with E-state index in [1.165, 1.54) is 16.9 Å². The quantitative estimate of drug-likeness (QED) is 0.193. The summed E-state index contributed by atoms with van der Waals surface area (Å²) in [5, 5.41) is 13.3. The molecule has 0 radical (unpaired) electrons. The fourth-order valence-electron chi connectivity index (χ4n) is 9.90. The van der Waals surface area contributed by atoms with E-state index in [2.05, 4.69) is 53.6 Å². The second kappa shape index (κ2) is 19.4. The second-order valence-electron chi connectivity index (χ2n) is 17.8. The van der Waals surface area contributed by atoms with Crippen molar-refractivity contribution in [3.05, 3.63) is 64.6 Å². The summed E-state index contributed by atoms with van der Waals surface area (Å²) in [6.45, 7) is 6.57. The summed E-state index contributed by atoms with van der Waals surface area (Å²) in [6, 6.07) is 7.13. The molecule has 2 N–H and O–H groups in total. The molecule has 20 heteroatoms. The van der Waals surface area contributed by atoms with Gasteiger partial charge in [-0.3, -0.25) is 33.5 Å². The number of imide groups is 1. The Morgan fingerprint density at radius 3 is 2.32 bits per heavy atom. The zero-order valence-electron chi connectivity index (χ0n) is 37.0. The number of benzene rings is 1. The van der Waals surface area contributed by atoms with Crippen LogP contribution in [0.4, 0.5) is 26.0 Å². The minimum atomic E-state index is -2.79.